The summed E-state index contributed by atoms with van der Waals surface area (Å²) < 4.78 is 14.7. The first-order chi connectivity index (χ1) is 1.41. The Balaban J connectivity index is 0. The molecule has 0 amide bonds. The molecule has 0 fully saturated rings. The molecule has 0 bridgehead atoms. The van der Waals surface area contributed by atoms with Gasteiger partial charge in [-0.15, -0.1) is 0 Å². The Bertz CT molecular complexity index is 6.00. The molecule has 4 heteroatoms. The van der Waals surface area contributed by atoms with E-state index < -0.39 is 23.8 Å². The molecule has 0 rings (SSSR count). The molecule has 4 heavy (non-hydrogen) atoms. The van der Waals surface area contributed by atoms with E-state index in [9.17, 15) is 0 Å². The molecule has 0 heterocycles. The summed E-state index contributed by atoms with van der Waals surface area (Å²) in [7, 11) is 0. The molecule has 0 aromatic carbocycles. The summed E-state index contributed by atoms with van der Waals surface area (Å²) in [6.07, 6.45) is 0. The minimum atomic E-state index is -2.01. The second-order valence-electron chi connectivity index (χ2n) is 0.141. The van der Waals surface area contributed by atoms with Crippen molar-refractivity contribution in [2.45, 2.75) is 0 Å². The predicted molar refractivity (Wildman–Crippen MR) is 11.6 cm³/mol. The summed E-state index contributed by atoms with van der Waals surface area (Å²) in [4.78, 5) is 0. The third-order valence-corrected chi connectivity index (χ3v) is 0. The zero-order valence-corrected chi connectivity index (χ0v) is 7.01. The van der Waals surface area contributed by atoms with E-state index in [4.69, 9.17) is 6.45 Å². The van der Waals surface area contributed by atoms with Crippen molar-refractivity contribution in [3.63, 3.8) is 0 Å². The normalized spacial score (nSPS) is 3.50. The molecule has 0 unspecified atom stereocenters. The quantitative estimate of drug-likeness (QED) is 0.495. The average Bonchev–Trinajstić information content (AvgIpc) is 0.918. The van der Waals surface area contributed by atoms with Gasteiger partial charge in [-0.2, -0.15) is 0 Å². The summed E-state index contributed by atoms with van der Waals surface area (Å²) in [5, 5.41) is 0. The molecule has 2 N–H and O–H groups in total. The summed E-state index contributed by atoms with van der Waals surface area (Å²) in [5.41, 5.74) is 0. The van der Waals surface area contributed by atoms with E-state index in [1.165, 1.54) is 0 Å². The van der Waals surface area contributed by atoms with Gasteiger partial charge in [0.15, 0.2) is 0 Å². The van der Waals surface area contributed by atoms with Crippen LogP contribution in [0.4, 0.5) is 0 Å². The zero-order valence-electron chi connectivity index (χ0n) is 1.93. The van der Waals surface area contributed by atoms with Gasteiger partial charge in [-0.05, 0) is 0 Å². The van der Waals surface area contributed by atoms with Crippen LogP contribution in [0.1, 0.15) is 0 Å². The van der Waals surface area contributed by atoms with Crippen molar-refractivity contribution < 1.29 is 23.2 Å². The van der Waals surface area contributed by atoms with Gasteiger partial charge < -0.3 is 0 Å². The predicted octanol–water partition coefficient (Wildman–Crippen LogP) is -1.77. The van der Waals surface area contributed by atoms with E-state index in [1.54, 1.807) is 0 Å². The number of hydrogen-bond donors (Lipinski definition) is 2. The zero-order chi connectivity index (χ0) is 2.71. The van der Waals surface area contributed by atoms with Crippen LogP contribution in [0, 0.1) is 0 Å². The van der Waals surface area contributed by atoms with Gasteiger partial charge in [0.25, 0.3) is 0 Å². The summed E-state index contributed by atoms with van der Waals surface area (Å²) in [6, 6.07) is 0. The Morgan fingerprint density at radius 3 is 1.25 bits per heavy atom. The first-order valence-electron chi connectivity index (χ1n) is 0.632. The van der Waals surface area contributed by atoms with Crippen LogP contribution in [0.3, 0.4) is 0 Å². The molecule has 2 nitrogen and oxygen atoms in total. The second kappa shape index (κ2) is 8.85. The van der Waals surface area contributed by atoms with Crippen molar-refractivity contribution in [3.05, 3.63) is 0 Å². The van der Waals surface area contributed by atoms with E-state index in [1.807, 2.05) is 0 Å². The van der Waals surface area contributed by atoms with Crippen LogP contribution in [-0.2, 0) is 16.8 Å². The van der Waals surface area contributed by atoms with Crippen LogP contribution < -0.4 is 0 Å². The van der Waals surface area contributed by atoms with Gasteiger partial charge in [-0.25, -0.2) is 0 Å². The Morgan fingerprint density at radius 1 is 1.25 bits per heavy atom. The molecule has 27 valence electrons. The molecule has 1 radical (unpaired) electrons. The number of rotatable bonds is 0. The van der Waals surface area contributed by atoms with E-state index in [0.29, 0.717) is 0 Å². The Labute approximate surface area is 47.0 Å². The molecule has 0 aromatic heterocycles. The van der Waals surface area contributed by atoms with Crippen molar-refractivity contribution in [3.8, 4) is 0 Å². The van der Waals surface area contributed by atoms with E-state index in [-0.39, 0.29) is 16.8 Å². The summed E-state index contributed by atoms with van der Waals surface area (Å²) in [5.74, 6) is 0. The van der Waals surface area contributed by atoms with E-state index >= 15 is 0 Å². The van der Waals surface area contributed by atoms with Crippen molar-refractivity contribution in [1.29, 1.82) is 0 Å². The first kappa shape index (κ1) is 9.00. The van der Waals surface area contributed by atoms with Crippen LogP contribution in [0.25, 0.3) is 0 Å². The fraction of sp³-hybridized carbons (Fsp3) is 0. The molecule has 0 spiro atoms. The van der Waals surface area contributed by atoms with Gasteiger partial charge in [-0.1, -0.05) is 0 Å². The summed E-state index contributed by atoms with van der Waals surface area (Å²) in [6.45, 7) is 0. The SMILES string of the molecule is [Co].[OH][InH][OH]. The molecule has 0 aliphatic heterocycles. The maximum atomic E-state index is 7.34. The van der Waals surface area contributed by atoms with Crippen LogP contribution in [0.5, 0.6) is 0 Å². The van der Waals surface area contributed by atoms with E-state index in [2.05, 4.69) is 0 Å². The Kier molecular flexibility index (Phi) is 19.9. The van der Waals surface area contributed by atoms with Crippen LogP contribution in [-0.4, -0.2) is 30.2 Å². The molecule has 0 aliphatic carbocycles. The molecule has 0 atom stereocenters. The van der Waals surface area contributed by atoms with Gasteiger partial charge in [0.2, 0.25) is 0 Å². The van der Waals surface area contributed by atoms with Crippen LogP contribution >= 0.6 is 0 Å². The van der Waals surface area contributed by atoms with Gasteiger partial charge in [0.1, 0.15) is 0 Å². The topological polar surface area (TPSA) is 40.5 Å². The third kappa shape index (κ3) is 10.3. The maximum absolute atomic E-state index is 7.34. The van der Waals surface area contributed by atoms with Gasteiger partial charge in [-0.3, -0.25) is 0 Å². The Morgan fingerprint density at radius 2 is 1.25 bits per heavy atom. The van der Waals surface area contributed by atoms with Crippen molar-refractivity contribution in [2.75, 3.05) is 0 Å². The van der Waals surface area contributed by atoms with Crippen LogP contribution in [0.2, 0.25) is 0 Å². The van der Waals surface area contributed by atoms with Crippen molar-refractivity contribution >= 4 is 23.8 Å². The van der Waals surface area contributed by atoms with Crippen LogP contribution in [0.15, 0.2) is 0 Å². The van der Waals surface area contributed by atoms with Crippen molar-refractivity contribution in [1.82, 2.24) is 0 Å². The third-order valence-electron chi connectivity index (χ3n) is 0. The van der Waals surface area contributed by atoms with Gasteiger partial charge in [0, 0.05) is 16.8 Å². The fourth-order valence-corrected chi connectivity index (χ4v) is 0. The number of hydrogen-bond acceptors (Lipinski definition) is 2. The molecule has 0 saturated heterocycles. The molecule has 0 saturated carbocycles. The standard InChI is InChI=1S/Co.In.2H2O.H/h;;2*1H2;/q;+2;;;/p-2. The molecular weight excluding hydrogens is 206 g/mol. The molecular formula is H3CoInO2. The first-order valence-corrected chi connectivity index (χ1v) is 4.24. The van der Waals surface area contributed by atoms with Gasteiger partial charge >= 0.3 is 30.2 Å². The molecule has 0 aromatic rings. The minimum absolute atomic E-state index is 0. The summed E-state index contributed by atoms with van der Waals surface area (Å²) >= 11 is -2.01. The fourth-order valence-electron chi connectivity index (χ4n) is 0. The van der Waals surface area contributed by atoms with Crippen molar-refractivity contribution in [2.24, 2.45) is 0 Å². The second-order valence-corrected chi connectivity index (χ2v) is 0.949. The average molecular weight is 209 g/mol. The monoisotopic (exact) mass is 209 g/mol. The molecule has 0 aliphatic rings. The van der Waals surface area contributed by atoms with Gasteiger partial charge in [0.05, 0.1) is 0 Å². The Hall–Kier alpha value is 1.30. The van der Waals surface area contributed by atoms with E-state index in [0.717, 1.165) is 0 Å².